The minimum absolute atomic E-state index is 0.0128. The Hall–Kier alpha value is -1.92. The first-order chi connectivity index (χ1) is 33.0. The number of hydrogen-bond donors (Lipinski definition) is 3. The van der Waals surface area contributed by atoms with Crippen LogP contribution in [-0.2, 0) is 14.3 Å². The molecule has 2 unspecified atom stereocenters. The van der Waals surface area contributed by atoms with Gasteiger partial charge in [-0.1, -0.05) is 256 Å². The van der Waals surface area contributed by atoms with Crippen molar-refractivity contribution >= 4 is 11.9 Å². The van der Waals surface area contributed by atoms with Gasteiger partial charge in [-0.2, -0.15) is 0 Å². The smallest absolute Gasteiger partial charge is 0.305 e. The molecule has 0 aliphatic carbocycles. The van der Waals surface area contributed by atoms with Crippen molar-refractivity contribution < 1.29 is 24.5 Å². The van der Waals surface area contributed by atoms with Crippen molar-refractivity contribution in [2.24, 2.45) is 0 Å². The minimum Gasteiger partial charge on any atom is -0.466 e. The van der Waals surface area contributed by atoms with E-state index in [9.17, 15) is 19.8 Å². The molecular weight excluding hydrogens is 827 g/mol. The average molecular weight is 943 g/mol. The quantitative estimate of drug-likeness (QED) is 0.0321. The van der Waals surface area contributed by atoms with Gasteiger partial charge in [0.15, 0.2) is 0 Å². The fraction of sp³-hybridized carbons (Fsp3) is 0.869. The Labute approximate surface area is 417 Å². The number of unbranched alkanes of at least 4 members (excludes halogenated alkanes) is 40. The van der Waals surface area contributed by atoms with Crippen LogP contribution in [0.2, 0.25) is 0 Å². The Bertz CT molecular complexity index is 1090. The molecular formula is C61H115NO5. The van der Waals surface area contributed by atoms with Gasteiger partial charge < -0.3 is 20.3 Å². The van der Waals surface area contributed by atoms with E-state index < -0.39 is 12.1 Å². The van der Waals surface area contributed by atoms with Gasteiger partial charge in [-0.05, 0) is 83.5 Å². The van der Waals surface area contributed by atoms with Crippen LogP contribution >= 0.6 is 0 Å². The molecule has 0 rings (SSSR count). The van der Waals surface area contributed by atoms with Gasteiger partial charge in [-0.25, -0.2) is 0 Å². The molecule has 6 nitrogen and oxygen atoms in total. The number of ether oxygens (including phenoxy) is 1. The zero-order valence-electron chi connectivity index (χ0n) is 44.9. The molecule has 2 atom stereocenters. The number of carbonyl (C=O) groups excluding carboxylic acids is 2. The van der Waals surface area contributed by atoms with Gasteiger partial charge in [0.2, 0.25) is 5.91 Å². The SMILES string of the molecule is CCCCC/C=C\CCCCCCCC(=O)OCCCCCCCC/C=C\CCCCCCCCCC(=O)NC(CO)C(O)/C=C/CCCCCCCCCCCCCCCCCCCCC. The van der Waals surface area contributed by atoms with E-state index >= 15 is 0 Å². The lowest BCUT2D eigenvalue weighted by atomic mass is 10.0. The summed E-state index contributed by atoms with van der Waals surface area (Å²) in [6.07, 6.45) is 70.3. The highest BCUT2D eigenvalue weighted by Crippen LogP contribution is 2.17. The van der Waals surface area contributed by atoms with Crippen LogP contribution in [0.4, 0.5) is 0 Å². The average Bonchev–Trinajstić information content (AvgIpc) is 3.33. The summed E-state index contributed by atoms with van der Waals surface area (Å²) in [5.41, 5.74) is 0. The molecule has 0 aliphatic rings. The first kappa shape index (κ1) is 65.1. The van der Waals surface area contributed by atoms with E-state index in [2.05, 4.69) is 43.5 Å². The topological polar surface area (TPSA) is 95.9 Å². The molecule has 0 aromatic rings. The summed E-state index contributed by atoms with van der Waals surface area (Å²) in [5.74, 6) is -0.0911. The van der Waals surface area contributed by atoms with Gasteiger partial charge in [-0.15, -0.1) is 0 Å². The van der Waals surface area contributed by atoms with E-state index in [0.717, 1.165) is 57.8 Å². The summed E-state index contributed by atoms with van der Waals surface area (Å²) in [6.45, 7) is 4.87. The molecule has 6 heteroatoms. The van der Waals surface area contributed by atoms with Gasteiger partial charge in [0, 0.05) is 12.8 Å². The summed E-state index contributed by atoms with van der Waals surface area (Å²) in [5, 5.41) is 23.2. The standard InChI is InChI=1S/C61H115NO5/c1-3-5-7-9-11-13-15-17-18-19-20-21-22-24-27-30-33-37-41-45-49-53-59(64)58(57-63)62-60(65)54-50-46-42-38-34-31-28-25-23-26-29-32-36-40-44-48-52-56-67-61(66)55-51-47-43-39-35-16-14-12-10-8-6-4-2/h12,14,23,26,49,53,58-59,63-64H,3-11,13,15-22,24-25,27-48,50-52,54-57H2,1-2H3,(H,62,65)/b14-12-,26-23-,53-49+. The third-order valence-electron chi connectivity index (χ3n) is 13.6. The van der Waals surface area contributed by atoms with Gasteiger partial charge >= 0.3 is 5.97 Å². The van der Waals surface area contributed by atoms with Gasteiger partial charge in [0.1, 0.15) is 0 Å². The van der Waals surface area contributed by atoms with Crippen molar-refractivity contribution in [3.63, 3.8) is 0 Å². The van der Waals surface area contributed by atoms with Crippen LogP contribution in [-0.4, -0.2) is 47.4 Å². The Balaban J connectivity index is 3.50. The van der Waals surface area contributed by atoms with E-state index in [1.54, 1.807) is 6.08 Å². The number of aliphatic hydroxyl groups excluding tert-OH is 2. The molecule has 0 aromatic carbocycles. The second-order valence-corrected chi connectivity index (χ2v) is 20.3. The zero-order chi connectivity index (χ0) is 48.6. The van der Waals surface area contributed by atoms with Crippen LogP contribution in [0.5, 0.6) is 0 Å². The number of hydrogen-bond acceptors (Lipinski definition) is 5. The maximum absolute atomic E-state index is 12.5. The van der Waals surface area contributed by atoms with Gasteiger partial charge in [-0.3, -0.25) is 9.59 Å². The molecule has 394 valence electrons. The van der Waals surface area contributed by atoms with E-state index in [4.69, 9.17) is 4.74 Å². The Morgan fingerprint density at radius 3 is 1.09 bits per heavy atom. The summed E-state index contributed by atoms with van der Waals surface area (Å²) < 4.78 is 5.45. The Morgan fingerprint density at radius 1 is 0.403 bits per heavy atom. The van der Waals surface area contributed by atoms with Crippen LogP contribution in [0, 0.1) is 0 Å². The molecule has 0 aliphatic heterocycles. The van der Waals surface area contributed by atoms with E-state index in [0.29, 0.717) is 19.4 Å². The first-order valence-corrected chi connectivity index (χ1v) is 29.8. The van der Waals surface area contributed by atoms with E-state index in [1.165, 1.54) is 231 Å². The van der Waals surface area contributed by atoms with Crippen LogP contribution in [0.25, 0.3) is 0 Å². The molecule has 67 heavy (non-hydrogen) atoms. The van der Waals surface area contributed by atoms with Crippen molar-refractivity contribution in [3.05, 3.63) is 36.5 Å². The number of amides is 1. The Kier molecular flexibility index (Phi) is 55.0. The Morgan fingerprint density at radius 2 is 0.701 bits per heavy atom. The number of esters is 1. The number of rotatable bonds is 55. The minimum atomic E-state index is -0.854. The van der Waals surface area contributed by atoms with Crippen molar-refractivity contribution in [2.45, 2.75) is 328 Å². The van der Waals surface area contributed by atoms with Crippen molar-refractivity contribution in [3.8, 4) is 0 Å². The molecule has 0 fully saturated rings. The highest BCUT2D eigenvalue weighted by atomic mass is 16.5. The maximum Gasteiger partial charge on any atom is 0.305 e. The fourth-order valence-electron chi connectivity index (χ4n) is 9.03. The number of aliphatic hydroxyl groups is 2. The first-order valence-electron chi connectivity index (χ1n) is 29.8. The fourth-order valence-corrected chi connectivity index (χ4v) is 9.03. The predicted octanol–water partition coefficient (Wildman–Crippen LogP) is 18.4. The van der Waals surface area contributed by atoms with Crippen molar-refractivity contribution in [1.29, 1.82) is 0 Å². The van der Waals surface area contributed by atoms with Crippen molar-refractivity contribution in [1.82, 2.24) is 5.32 Å². The molecule has 0 saturated heterocycles. The molecule has 0 spiro atoms. The summed E-state index contributed by atoms with van der Waals surface area (Å²) in [4.78, 5) is 24.5. The lowest BCUT2D eigenvalue weighted by Crippen LogP contribution is -2.45. The van der Waals surface area contributed by atoms with Crippen LogP contribution < -0.4 is 5.32 Å². The molecule has 3 N–H and O–H groups in total. The molecule has 0 bridgehead atoms. The number of allylic oxidation sites excluding steroid dienone is 5. The van der Waals surface area contributed by atoms with Gasteiger partial charge in [0.05, 0.1) is 25.4 Å². The van der Waals surface area contributed by atoms with Crippen LogP contribution in [0.1, 0.15) is 316 Å². The summed E-state index contributed by atoms with van der Waals surface area (Å²) in [6, 6.07) is -0.638. The predicted molar refractivity (Wildman–Crippen MR) is 292 cm³/mol. The van der Waals surface area contributed by atoms with Gasteiger partial charge in [0.25, 0.3) is 0 Å². The third kappa shape index (κ3) is 53.3. The molecule has 0 aromatic heterocycles. The van der Waals surface area contributed by atoms with Crippen LogP contribution in [0.15, 0.2) is 36.5 Å². The molecule has 1 amide bonds. The number of nitrogens with one attached hydrogen (secondary N) is 1. The highest BCUT2D eigenvalue weighted by molar-refractivity contribution is 5.76. The second-order valence-electron chi connectivity index (χ2n) is 20.3. The third-order valence-corrected chi connectivity index (χ3v) is 13.6. The lowest BCUT2D eigenvalue weighted by Gasteiger charge is -2.20. The largest absolute Gasteiger partial charge is 0.466 e. The van der Waals surface area contributed by atoms with Crippen LogP contribution in [0.3, 0.4) is 0 Å². The monoisotopic (exact) mass is 942 g/mol. The number of carbonyl (C=O) groups is 2. The maximum atomic E-state index is 12.5. The molecule has 0 heterocycles. The summed E-state index contributed by atoms with van der Waals surface area (Å²) in [7, 11) is 0. The summed E-state index contributed by atoms with van der Waals surface area (Å²) >= 11 is 0. The molecule has 0 saturated carbocycles. The highest BCUT2D eigenvalue weighted by Gasteiger charge is 2.18. The lowest BCUT2D eigenvalue weighted by molar-refractivity contribution is -0.143. The zero-order valence-corrected chi connectivity index (χ0v) is 44.9. The van der Waals surface area contributed by atoms with E-state index in [-0.39, 0.29) is 18.5 Å². The van der Waals surface area contributed by atoms with Crippen molar-refractivity contribution in [2.75, 3.05) is 13.2 Å². The molecule has 0 radical (unpaired) electrons. The normalized spacial score (nSPS) is 12.8. The van der Waals surface area contributed by atoms with E-state index in [1.807, 2.05) is 6.08 Å². The second kappa shape index (κ2) is 56.7.